The number of carbonyl (C=O) groups excluding carboxylic acids is 4. The van der Waals surface area contributed by atoms with E-state index in [0.717, 1.165) is 40.0 Å². The second kappa shape index (κ2) is 26.7. The number of alkyl carbamates (subject to hydrolysis) is 1. The minimum Gasteiger partial charge on any atom is -0.497 e. The number of ether oxygens (including phenoxy) is 8. The van der Waals surface area contributed by atoms with Crippen LogP contribution in [0.15, 0.2) is 113 Å². The van der Waals surface area contributed by atoms with Crippen LogP contribution in [-0.4, -0.2) is 156 Å². The Balaban J connectivity index is 0.679. The zero-order chi connectivity index (χ0) is 60.6. The Kier molecular flexibility index (Phi) is 18.6. The normalized spacial score (nSPS) is 20.9. The zero-order valence-corrected chi connectivity index (χ0v) is 47.3. The third-order valence-electron chi connectivity index (χ3n) is 15.1. The number of aliphatic hydroxyl groups excluding tert-OH is 3. The van der Waals surface area contributed by atoms with Gasteiger partial charge < -0.3 is 84.5 Å². The molecular formula is C62H65N7O17. The zero-order valence-electron chi connectivity index (χ0n) is 47.3. The molecule has 0 saturated carbocycles. The van der Waals surface area contributed by atoms with Gasteiger partial charge in [0.05, 0.1) is 74.8 Å². The number of unbranched alkanes of at least 4 members (excludes halogenated alkanes) is 2. The van der Waals surface area contributed by atoms with Gasteiger partial charge >= 0.3 is 12.1 Å². The van der Waals surface area contributed by atoms with Crippen LogP contribution in [-0.2, 0) is 32.2 Å². The van der Waals surface area contributed by atoms with Crippen molar-refractivity contribution >= 4 is 70.4 Å². The lowest BCUT2D eigenvalue weighted by atomic mass is 9.99. The Bertz CT molecular complexity index is 3500. The molecule has 86 heavy (non-hydrogen) atoms. The number of nitrogens with one attached hydrogen (secondary N) is 2. The van der Waals surface area contributed by atoms with Gasteiger partial charge in [0.2, 0.25) is 12.2 Å². The van der Waals surface area contributed by atoms with Crippen molar-refractivity contribution in [1.82, 2.24) is 15.1 Å². The molecule has 5 aromatic rings. The van der Waals surface area contributed by atoms with Crippen LogP contribution < -0.4 is 44.8 Å². The number of carboxylic acid groups (broad SMARTS) is 1. The van der Waals surface area contributed by atoms with Crippen LogP contribution in [0, 0.1) is 0 Å². The number of aliphatic carboxylic acids is 1. The Morgan fingerprint density at radius 3 is 1.76 bits per heavy atom. The lowest BCUT2D eigenvalue weighted by molar-refractivity contribution is -0.271. The summed E-state index contributed by atoms with van der Waals surface area (Å²) in [7, 11) is 4.68. The number of nitrogens with two attached hydrogens (primary N) is 1. The number of aliphatic imine (C=N–C) groups is 2. The monoisotopic (exact) mass is 1180 g/mol. The first-order valence-electron chi connectivity index (χ1n) is 27.8. The molecule has 0 bridgehead atoms. The second-order valence-electron chi connectivity index (χ2n) is 20.8. The van der Waals surface area contributed by atoms with Gasteiger partial charge in [0.1, 0.15) is 36.4 Å². The number of benzene rings is 5. The van der Waals surface area contributed by atoms with E-state index in [9.17, 15) is 44.4 Å². The highest BCUT2D eigenvalue weighted by atomic mass is 16.7. The summed E-state index contributed by atoms with van der Waals surface area (Å²) in [5, 5.41) is 45.5. The quantitative estimate of drug-likeness (QED) is 0.0354. The van der Waals surface area contributed by atoms with Crippen molar-refractivity contribution in [2.75, 3.05) is 46.4 Å². The molecule has 10 rings (SSSR count). The van der Waals surface area contributed by atoms with E-state index in [1.54, 1.807) is 54.5 Å². The van der Waals surface area contributed by atoms with Crippen LogP contribution in [0.25, 0.3) is 11.1 Å². The van der Waals surface area contributed by atoms with Crippen molar-refractivity contribution in [1.29, 1.82) is 0 Å². The molecule has 1 fully saturated rings. The number of methoxy groups -OCH3 is 3. The number of aliphatic hydroxyl groups is 3. The van der Waals surface area contributed by atoms with Crippen LogP contribution in [0.3, 0.4) is 0 Å². The lowest BCUT2D eigenvalue weighted by Gasteiger charge is -2.38. The first-order chi connectivity index (χ1) is 41.6. The van der Waals surface area contributed by atoms with Gasteiger partial charge in [-0.05, 0) is 89.1 Å². The summed E-state index contributed by atoms with van der Waals surface area (Å²) in [6, 6.07) is 25.8. The summed E-state index contributed by atoms with van der Waals surface area (Å²) in [5.41, 5.74) is 12.4. The van der Waals surface area contributed by atoms with Crippen LogP contribution in [0.2, 0.25) is 0 Å². The van der Waals surface area contributed by atoms with Crippen LogP contribution in [0.5, 0.6) is 34.5 Å². The molecule has 7 atom stereocenters. The molecule has 4 amide bonds. The molecule has 0 radical (unpaired) electrons. The van der Waals surface area contributed by atoms with E-state index in [1.807, 2.05) is 67.1 Å². The second-order valence-corrected chi connectivity index (χ2v) is 20.8. The maximum Gasteiger partial charge on any atom is 0.407 e. The van der Waals surface area contributed by atoms with Gasteiger partial charge in [-0.2, -0.15) is 0 Å². The minimum absolute atomic E-state index is 0.0258. The van der Waals surface area contributed by atoms with Gasteiger partial charge in [0.25, 0.3) is 11.8 Å². The summed E-state index contributed by atoms with van der Waals surface area (Å²) in [6.07, 6.45) is 0.440. The van der Waals surface area contributed by atoms with E-state index in [-0.39, 0.29) is 61.5 Å². The number of rotatable bonds is 23. The number of carbonyl (C=O) groups is 5. The highest BCUT2D eigenvalue weighted by Gasteiger charge is 2.48. The minimum atomic E-state index is -1.93. The standard InChI is InChI=1S/C62H65N7O17/c1-79-42-14-12-37(13-15-42)39-23-41-30-65-46-27-52(50(81-3)25-44(46)59(75)69(41)32-39)83-20-6-4-5-19-82-51-26-45-43(24-49(51)80-2)58(74)68-31-38(22-40(68)29-64-45)36-10-7-34(8-11-36)28-66-62(78)84-33-35-9-16-48(47(21-35)67-53(70)17-18-63)85-61-56(73)54(71)55(72)57(86-61)60(76)77/h7-16,21,24-27,29-32,40-41,54-57,61,71-73H,4-6,17-20,22-23,28,33,63H2,1-3H3,(H,66,78)(H,67,70)(H,76,77)/t40-,41-,54-,55-,56+,57-,61-/m0/s1. The van der Waals surface area contributed by atoms with Gasteiger partial charge in [0.15, 0.2) is 29.1 Å². The molecule has 0 unspecified atom stereocenters. The first-order valence-corrected chi connectivity index (χ1v) is 27.8. The molecule has 24 heteroatoms. The lowest BCUT2D eigenvalue weighted by Crippen LogP contribution is -2.61. The van der Waals surface area contributed by atoms with E-state index in [0.29, 0.717) is 90.0 Å². The fourth-order valence-corrected chi connectivity index (χ4v) is 10.4. The smallest absolute Gasteiger partial charge is 0.407 e. The molecule has 5 aromatic carbocycles. The van der Waals surface area contributed by atoms with E-state index in [1.165, 1.54) is 25.3 Å². The van der Waals surface area contributed by atoms with Crippen molar-refractivity contribution in [2.45, 2.75) is 94.5 Å². The van der Waals surface area contributed by atoms with Crippen LogP contribution in [0.4, 0.5) is 21.9 Å². The van der Waals surface area contributed by atoms with Crippen molar-refractivity contribution in [3.63, 3.8) is 0 Å². The number of hydrogen-bond acceptors (Lipinski definition) is 19. The van der Waals surface area contributed by atoms with Crippen molar-refractivity contribution in [3.8, 4) is 34.5 Å². The Labute approximate surface area is 494 Å². The van der Waals surface area contributed by atoms with Gasteiger partial charge in [-0.25, -0.2) is 9.59 Å². The number of hydrogen-bond donors (Lipinski definition) is 7. The topological polar surface area (TPSA) is 321 Å². The number of amides is 4. The predicted molar refractivity (Wildman–Crippen MR) is 312 cm³/mol. The third kappa shape index (κ3) is 13.3. The third-order valence-corrected chi connectivity index (χ3v) is 15.1. The Morgan fingerprint density at radius 2 is 1.22 bits per heavy atom. The van der Waals surface area contributed by atoms with Crippen molar-refractivity contribution in [2.24, 2.45) is 15.7 Å². The Hall–Kier alpha value is -9.33. The van der Waals surface area contributed by atoms with Gasteiger partial charge in [-0.3, -0.25) is 24.4 Å². The molecule has 5 aliphatic heterocycles. The summed E-state index contributed by atoms with van der Waals surface area (Å²) >= 11 is 0. The molecule has 8 N–H and O–H groups in total. The molecule has 450 valence electrons. The fourth-order valence-electron chi connectivity index (χ4n) is 10.4. The maximum atomic E-state index is 14.1. The molecule has 0 aromatic heterocycles. The average Bonchev–Trinajstić information content (AvgIpc) is 1.86. The molecule has 0 aliphatic carbocycles. The summed E-state index contributed by atoms with van der Waals surface area (Å²) in [5.74, 6) is -0.0459. The largest absolute Gasteiger partial charge is 0.497 e. The Morgan fingerprint density at radius 1 is 0.663 bits per heavy atom. The summed E-state index contributed by atoms with van der Waals surface area (Å²) in [6.45, 7) is 0.668. The first kappa shape index (κ1) is 59.8. The number of nitrogens with zero attached hydrogens (tertiary/aromatic N) is 4. The number of fused-ring (bicyclic) bond motifs is 4. The molecule has 5 aliphatic rings. The highest BCUT2D eigenvalue weighted by molar-refractivity contribution is 6.06. The molecule has 1 saturated heterocycles. The number of carboxylic acids is 1. The van der Waals surface area contributed by atoms with Crippen molar-refractivity contribution < 1.29 is 82.3 Å². The van der Waals surface area contributed by atoms with E-state index in [2.05, 4.69) is 10.6 Å². The predicted octanol–water partition coefficient (Wildman–Crippen LogP) is 6.27. The van der Waals surface area contributed by atoms with E-state index in [4.69, 9.17) is 53.6 Å². The molecular weight excluding hydrogens is 1110 g/mol. The number of anilines is 1. The molecule has 24 nitrogen and oxygen atoms in total. The highest BCUT2D eigenvalue weighted by Crippen LogP contribution is 2.42. The molecule has 5 heterocycles. The van der Waals surface area contributed by atoms with Crippen molar-refractivity contribution in [3.05, 3.63) is 137 Å². The van der Waals surface area contributed by atoms with E-state index < -0.39 is 48.7 Å². The summed E-state index contributed by atoms with van der Waals surface area (Å²) in [4.78, 5) is 77.7. The average molecular weight is 1180 g/mol. The SMILES string of the molecule is COc1ccc(C2=CN3C(=O)c4cc(OC)c(OCCCCCOc5cc6c(cc5OC)C(=O)N5C=C(c7ccc(CNC(=O)OCc8ccc(O[C@H]9O[C@H](C(=O)O)[C@@H](O)[C@H](O)[C@H]9O)c(NC(=O)CCN)c8)cc7)C[C@H]5C=N6)cc4N=C[C@@H]3C2)cc1. The summed E-state index contributed by atoms with van der Waals surface area (Å²) < 4.78 is 45.4. The van der Waals surface area contributed by atoms with Crippen LogP contribution >= 0.6 is 0 Å². The van der Waals surface area contributed by atoms with Crippen LogP contribution in [0.1, 0.15) is 81.5 Å². The van der Waals surface area contributed by atoms with Gasteiger partial charge in [0, 0.05) is 69.3 Å². The van der Waals surface area contributed by atoms with Gasteiger partial charge in [-0.1, -0.05) is 42.5 Å². The maximum absolute atomic E-state index is 14.1. The van der Waals surface area contributed by atoms with Gasteiger partial charge in [-0.15, -0.1) is 0 Å². The molecule has 0 spiro atoms. The van der Waals surface area contributed by atoms with E-state index >= 15 is 0 Å². The fraction of sp³-hybridized carbons (Fsp3) is 0.339.